The Morgan fingerprint density at radius 2 is 1.50 bits per heavy atom. The molecule has 0 unspecified atom stereocenters. The molecule has 2 N–H and O–H groups in total. The number of hydrogen-bond acceptors (Lipinski definition) is 3. The zero-order chi connectivity index (χ0) is 18.5. The summed E-state index contributed by atoms with van der Waals surface area (Å²) < 4.78 is 6.59. The molecule has 0 saturated heterocycles. The van der Waals surface area contributed by atoms with Crippen LogP contribution in [0.2, 0.25) is 0 Å². The summed E-state index contributed by atoms with van der Waals surface area (Å²) in [7, 11) is 0. The first-order valence-corrected chi connectivity index (χ1v) is 8.78. The molecule has 3 aromatic carbocycles. The lowest BCUT2D eigenvalue weighted by atomic mass is 10.1. The molecule has 0 spiro atoms. The van der Waals surface area contributed by atoms with Gasteiger partial charge in [0, 0.05) is 22.8 Å². The third-order valence-electron chi connectivity index (χ3n) is 3.63. The summed E-state index contributed by atoms with van der Waals surface area (Å²) in [6.45, 7) is 1.36. The van der Waals surface area contributed by atoms with Crippen molar-refractivity contribution in [2.45, 2.75) is 6.92 Å². The minimum Gasteiger partial charge on any atom is -0.484 e. The van der Waals surface area contributed by atoms with Gasteiger partial charge >= 0.3 is 0 Å². The summed E-state index contributed by atoms with van der Waals surface area (Å²) in [5, 5.41) is 7.56. The topological polar surface area (TPSA) is 67.4 Å². The molecule has 3 rings (SSSR count). The average molecular weight is 413 g/mol. The number of rotatable bonds is 5. The molecule has 3 aromatic rings. The smallest absolute Gasteiger partial charge is 0.262 e. The molecule has 5 nitrogen and oxygen atoms in total. The van der Waals surface area contributed by atoms with Gasteiger partial charge in [0.2, 0.25) is 5.91 Å². The van der Waals surface area contributed by atoms with Crippen LogP contribution in [0.15, 0.2) is 65.1 Å². The Labute approximate surface area is 159 Å². The number of carbonyl (C=O) groups is 2. The van der Waals surface area contributed by atoms with Gasteiger partial charge in [-0.2, -0.15) is 0 Å². The fraction of sp³-hybridized carbons (Fsp3) is 0.100. The molecule has 0 aliphatic heterocycles. The van der Waals surface area contributed by atoms with Crippen molar-refractivity contribution in [3.8, 4) is 5.75 Å². The number of nitrogens with one attached hydrogen (secondary N) is 2. The van der Waals surface area contributed by atoms with E-state index in [0.29, 0.717) is 17.1 Å². The summed E-state index contributed by atoms with van der Waals surface area (Å²) >= 11 is 3.44. The third kappa shape index (κ3) is 4.83. The van der Waals surface area contributed by atoms with E-state index in [1.165, 1.54) is 6.92 Å². The molecule has 0 aliphatic carbocycles. The molecule has 2 amide bonds. The fourth-order valence-corrected chi connectivity index (χ4v) is 2.85. The number of anilines is 2. The number of amides is 2. The Bertz CT molecular complexity index is 955. The summed E-state index contributed by atoms with van der Waals surface area (Å²) in [4.78, 5) is 23.0. The fourth-order valence-electron chi connectivity index (χ4n) is 2.47. The van der Waals surface area contributed by atoms with Gasteiger partial charge in [-0.25, -0.2) is 0 Å². The number of carbonyl (C=O) groups excluding carboxylic acids is 2. The maximum absolute atomic E-state index is 12.0. The second kappa shape index (κ2) is 8.01. The van der Waals surface area contributed by atoms with Crippen molar-refractivity contribution in [1.82, 2.24) is 0 Å². The monoisotopic (exact) mass is 412 g/mol. The first-order valence-electron chi connectivity index (χ1n) is 7.99. The second-order valence-electron chi connectivity index (χ2n) is 5.75. The minimum absolute atomic E-state index is 0.0878. The van der Waals surface area contributed by atoms with Gasteiger partial charge in [-0.15, -0.1) is 0 Å². The van der Waals surface area contributed by atoms with E-state index >= 15 is 0 Å². The Hall–Kier alpha value is -2.86. The summed E-state index contributed by atoms with van der Waals surface area (Å²) in [6, 6.07) is 18.5. The Morgan fingerprint density at radius 3 is 2.19 bits per heavy atom. The second-order valence-corrected chi connectivity index (χ2v) is 6.66. The molecule has 132 valence electrons. The van der Waals surface area contributed by atoms with Crippen molar-refractivity contribution in [1.29, 1.82) is 0 Å². The quantitative estimate of drug-likeness (QED) is 0.644. The van der Waals surface area contributed by atoms with Crippen LogP contribution < -0.4 is 15.4 Å². The first-order chi connectivity index (χ1) is 12.5. The van der Waals surface area contributed by atoms with Crippen LogP contribution in [0.1, 0.15) is 6.92 Å². The van der Waals surface area contributed by atoms with Gasteiger partial charge in [-0.05, 0) is 59.3 Å². The molecule has 0 fully saturated rings. The van der Waals surface area contributed by atoms with Crippen molar-refractivity contribution in [2.24, 2.45) is 0 Å². The van der Waals surface area contributed by atoms with Crippen LogP contribution in [0.25, 0.3) is 10.8 Å². The molecule has 0 aromatic heterocycles. The van der Waals surface area contributed by atoms with Crippen LogP contribution in [0, 0.1) is 0 Å². The average Bonchev–Trinajstić information content (AvgIpc) is 2.61. The number of benzene rings is 3. The molecule has 6 heteroatoms. The van der Waals surface area contributed by atoms with Crippen LogP contribution in [0.4, 0.5) is 11.4 Å². The van der Waals surface area contributed by atoms with Crippen molar-refractivity contribution in [2.75, 3.05) is 17.2 Å². The number of hydrogen-bond donors (Lipinski definition) is 2. The Morgan fingerprint density at radius 1 is 0.885 bits per heavy atom. The molecule has 26 heavy (non-hydrogen) atoms. The van der Waals surface area contributed by atoms with Crippen LogP contribution >= 0.6 is 15.9 Å². The van der Waals surface area contributed by atoms with Crippen LogP contribution in [0.3, 0.4) is 0 Å². The third-order valence-corrected chi connectivity index (χ3v) is 4.13. The Kier molecular flexibility index (Phi) is 5.53. The molecule has 0 saturated carbocycles. The molecule has 0 atom stereocenters. The molecule has 0 heterocycles. The van der Waals surface area contributed by atoms with Gasteiger partial charge in [0.25, 0.3) is 5.91 Å². The highest BCUT2D eigenvalue weighted by Crippen LogP contribution is 2.24. The largest absolute Gasteiger partial charge is 0.484 e. The highest BCUT2D eigenvalue weighted by Gasteiger charge is 2.05. The van der Waals surface area contributed by atoms with Gasteiger partial charge in [-0.1, -0.05) is 28.1 Å². The van der Waals surface area contributed by atoms with Gasteiger partial charge in [0.15, 0.2) is 6.61 Å². The predicted molar refractivity (Wildman–Crippen MR) is 107 cm³/mol. The molecule has 0 bridgehead atoms. The van der Waals surface area contributed by atoms with Crippen LogP contribution in [0.5, 0.6) is 5.75 Å². The zero-order valence-electron chi connectivity index (χ0n) is 14.1. The first kappa shape index (κ1) is 17.9. The van der Waals surface area contributed by atoms with E-state index in [0.717, 1.165) is 15.2 Å². The van der Waals surface area contributed by atoms with E-state index in [1.807, 2.05) is 36.4 Å². The number of halogens is 1. The van der Waals surface area contributed by atoms with Crippen molar-refractivity contribution < 1.29 is 14.3 Å². The zero-order valence-corrected chi connectivity index (χ0v) is 15.7. The molecule has 0 aliphatic rings. The lowest BCUT2D eigenvalue weighted by Crippen LogP contribution is -2.20. The summed E-state index contributed by atoms with van der Waals surface area (Å²) in [5.74, 6) is 0.238. The SMILES string of the molecule is CC(=O)Nc1ccc(NC(=O)COc2ccc3cc(Br)ccc3c2)cc1. The number of ether oxygens (including phenoxy) is 1. The van der Waals surface area contributed by atoms with E-state index in [1.54, 1.807) is 24.3 Å². The lowest BCUT2D eigenvalue weighted by Gasteiger charge is -2.09. The molecular formula is C20H17BrN2O3. The predicted octanol–water partition coefficient (Wildman–Crippen LogP) is 4.58. The lowest BCUT2D eigenvalue weighted by molar-refractivity contribution is -0.118. The molecule has 0 radical (unpaired) electrons. The maximum atomic E-state index is 12.0. The van der Waals surface area contributed by atoms with Gasteiger partial charge in [0.1, 0.15) is 5.75 Å². The molecular weight excluding hydrogens is 396 g/mol. The van der Waals surface area contributed by atoms with Gasteiger partial charge in [0.05, 0.1) is 0 Å². The normalized spacial score (nSPS) is 10.4. The summed E-state index contributed by atoms with van der Waals surface area (Å²) in [5.41, 5.74) is 1.31. The van der Waals surface area contributed by atoms with E-state index in [9.17, 15) is 9.59 Å². The highest BCUT2D eigenvalue weighted by molar-refractivity contribution is 9.10. The minimum atomic E-state index is -0.256. The van der Waals surface area contributed by atoms with E-state index < -0.39 is 0 Å². The van der Waals surface area contributed by atoms with Gasteiger partial charge in [-0.3, -0.25) is 9.59 Å². The Balaban J connectivity index is 1.56. The highest BCUT2D eigenvalue weighted by atomic mass is 79.9. The standard InChI is InChI=1S/C20H17BrN2O3/c1-13(24)22-17-5-7-18(8-6-17)23-20(25)12-26-19-9-3-14-10-16(21)4-2-15(14)11-19/h2-11H,12H2,1H3,(H,22,24)(H,23,25). The van der Waals surface area contributed by atoms with Crippen LogP contribution in [-0.4, -0.2) is 18.4 Å². The summed E-state index contributed by atoms with van der Waals surface area (Å²) in [6.07, 6.45) is 0. The van der Waals surface area contributed by atoms with Crippen molar-refractivity contribution in [3.05, 3.63) is 65.1 Å². The van der Waals surface area contributed by atoms with Crippen LogP contribution in [-0.2, 0) is 9.59 Å². The van der Waals surface area contributed by atoms with E-state index in [-0.39, 0.29) is 18.4 Å². The number of fused-ring (bicyclic) bond motifs is 1. The van der Waals surface area contributed by atoms with E-state index in [2.05, 4.69) is 26.6 Å². The van der Waals surface area contributed by atoms with Crippen molar-refractivity contribution >= 4 is 49.9 Å². The maximum Gasteiger partial charge on any atom is 0.262 e. The van der Waals surface area contributed by atoms with Gasteiger partial charge < -0.3 is 15.4 Å². The van der Waals surface area contributed by atoms with E-state index in [4.69, 9.17) is 4.74 Å². The van der Waals surface area contributed by atoms with Crippen molar-refractivity contribution in [3.63, 3.8) is 0 Å².